The number of rotatable bonds is 16. The maximum absolute atomic E-state index is 13.8. The Bertz CT molecular complexity index is 924. The zero-order valence-corrected chi connectivity index (χ0v) is 24.2. The number of ketones is 1. The first-order chi connectivity index (χ1) is 18.7. The number of hydrogen-bond donors (Lipinski definition) is 4. The summed E-state index contributed by atoms with van der Waals surface area (Å²) < 4.78 is 29.9. The molecular formula is C28H52N4O5. The maximum Gasteiger partial charge on any atom is 0.246 e. The molecule has 3 amide bonds. The van der Waals surface area contributed by atoms with Gasteiger partial charge in [0.15, 0.2) is 5.78 Å². The van der Waals surface area contributed by atoms with Gasteiger partial charge in [0.05, 0.1) is 19.6 Å². The largest absolute Gasteiger partial charge is 0.390 e. The molecule has 9 heteroatoms. The van der Waals surface area contributed by atoms with Gasteiger partial charge in [0.1, 0.15) is 12.1 Å². The van der Waals surface area contributed by atoms with E-state index in [1.54, 1.807) is 41.7 Å². The molecule has 0 aliphatic rings. The summed E-state index contributed by atoms with van der Waals surface area (Å²) in [6.45, 7) is 11.3. The van der Waals surface area contributed by atoms with Gasteiger partial charge in [-0.25, -0.2) is 0 Å². The highest BCUT2D eigenvalue weighted by Crippen LogP contribution is 2.20. The summed E-state index contributed by atoms with van der Waals surface area (Å²) in [6.07, 6.45) is 0.169. The Morgan fingerprint density at radius 1 is 0.973 bits per heavy atom. The number of hydrogen-bond acceptors (Lipinski definition) is 6. The van der Waals surface area contributed by atoms with Crippen LogP contribution in [0, 0.1) is 23.7 Å². The first kappa shape index (κ1) is 27.8. The van der Waals surface area contributed by atoms with E-state index < -0.39 is 60.9 Å². The van der Waals surface area contributed by atoms with E-state index in [4.69, 9.17) is 5.48 Å². The highest BCUT2D eigenvalue weighted by atomic mass is 16.3. The molecule has 214 valence electrons. The van der Waals surface area contributed by atoms with Crippen LogP contribution in [0.3, 0.4) is 0 Å². The smallest absolute Gasteiger partial charge is 0.246 e. The number of carbonyl (C=O) groups excluding carboxylic acids is 4. The summed E-state index contributed by atoms with van der Waals surface area (Å²) in [6, 6.07) is -4.48. The van der Waals surface area contributed by atoms with Crippen molar-refractivity contribution in [2.24, 2.45) is 23.7 Å². The van der Waals surface area contributed by atoms with Crippen molar-refractivity contribution in [3.63, 3.8) is 0 Å². The van der Waals surface area contributed by atoms with Gasteiger partial charge in [-0.05, 0) is 57.3 Å². The summed E-state index contributed by atoms with van der Waals surface area (Å²) in [5.74, 6) is -3.18. The Labute approximate surface area is 229 Å². The van der Waals surface area contributed by atoms with Gasteiger partial charge >= 0.3 is 0 Å². The number of nitrogens with one attached hydrogen (secondary N) is 3. The normalized spacial score (nSPS) is 19.0. The fourth-order valence-corrected chi connectivity index (χ4v) is 4.18. The first-order valence-electron chi connectivity index (χ1n) is 15.1. The fraction of sp³-hybridized carbons (Fsp3) is 0.786. The SMILES string of the molecule is [2H]/C(=C\C[C@@H](C)[C@@H](O)C(C(=O)N[C@H](C(C)=O)C(C)C)N(C)C(=O)[C@@H](NC(=O)[C@H](CC(C)C)NC)C(C)C)C([2H])([2H])[2H]. The van der Waals surface area contributed by atoms with E-state index >= 15 is 0 Å². The van der Waals surface area contributed by atoms with Crippen LogP contribution in [-0.4, -0.2) is 77.9 Å². The third kappa shape index (κ3) is 10.9. The van der Waals surface area contributed by atoms with Crippen LogP contribution in [0.15, 0.2) is 12.1 Å². The van der Waals surface area contributed by atoms with Gasteiger partial charge in [0, 0.05) is 11.2 Å². The molecule has 0 aromatic carbocycles. The molecule has 0 saturated heterocycles. The summed E-state index contributed by atoms with van der Waals surface area (Å²) in [5, 5.41) is 19.7. The first-order valence-corrected chi connectivity index (χ1v) is 13.1. The van der Waals surface area contributed by atoms with Crippen LogP contribution in [-0.2, 0) is 19.2 Å². The standard InChI is InChI=1S/C28H52N4O5/c1-12-13-14-19(8)25(34)24(27(36)30-22(17(4)5)20(9)33)32(11)28(37)23(18(6)7)31-26(35)21(29-10)15-16(2)3/h12-13,16-19,21-25,29,34H,14-15H2,1-11H3,(H,30,36)(H,31,35)/b13-12+/t19-,21+,22+,23+,24?,25-/m1/s1/i1D3,12D. The highest BCUT2D eigenvalue weighted by molar-refractivity contribution is 5.95. The molecule has 0 bridgehead atoms. The molecule has 4 N–H and O–H groups in total. The van der Waals surface area contributed by atoms with E-state index in [1.807, 2.05) is 13.8 Å². The van der Waals surface area contributed by atoms with Crippen LogP contribution in [0.1, 0.15) is 80.6 Å². The molecule has 9 nitrogen and oxygen atoms in total. The lowest BCUT2D eigenvalue weighted by atomic mass is 9.91. The van der Waals surface area contributed by atoms with Crippen molar-refractivity contribution in [3.05, 3.63) is 12.1 Å². The second kappa shape index (κ2) is 16.6. The van der Waals surface area contributed by atoms with Gasteiger partial charge in [0.25, 0.3) is 0 Å². The second-order valence-electron chi connectivity index (χ2n) is 11.0. The fourth-order valence-electron chi connectivity index (χ4n) is 4.18. The lowest BCUT2D eigenvalue weighted by Gasteiger charge is -2.37. The van der Waals surface area contributed by atoms with Gasteiger partial charge in [-0.15, -0.1) is 0 Å². The lowest BCUT2D eigenvalue weighted by Crippen LogP contribution is -2.62. The number of allylic oxidation sites excluding steroid dienone is 2. The lowest BCUT2D eigenvalue weighted by molar-refractivity contribution is -0.148. The maximum atomic E-state index is 13.8. The van der Waals surface area contributed by atoms with Gasteiger partial charge in [-0.1, -0.05) is 60.6 Å². The van der Waals surface area contributed by atoms with Crippen molar-refractivity contribution in [2.45, 2.75) is 105 Å². The molecule has 0 aliphatic heterocycles. The predicted molar refractivity (Wildman–Crippen MR) is 148 cm³/mol. The summed E-state index contributed by atoms with van der Waals surface area (Å²) in [7, 11) is 3.01. The van der Waals surface area contributed by atoms with Crippen LogP contribution in [0.4, 0.5) is 0 Å². The summed E-state index contributed by atoms with van der Waals surface area (Å²) in [5.41, 5.74) is 0. The van der Waals surface area contributed by atoms with Crippen molar-refractivity contribution < 1.29 is 29.8 Å². The molecule has 0 aromatic heterocycles. The summed E-state index contributed by atoms with van der Waals surface area (Å²) in [4.78, 5) is 53.7. The number of Topliss-reactive ketones (excluding diaryl/α,β-unsaturated/α-hetero) is 1. The average Bonchev–Trinajstić information content (AvgIpc) is 2.85. The Balaban J connectivity index is 6.38. The second-order valence-corrected chi connectivity index (χ2v) is 11.0. The van der Waals surface area contributed by atoms with Crippen LogP contribution in [0.2, 0.25) is 0 Å². The van der Waals surface area contributed by atoms with E-state index in [9.17, 15) is 24.3 Å². The average molecular weight is 529 g/mol. The van der Waals surface area contributed by atoms with E-state index in [0.29, 0.717) is 6.42 Å². The van der Waals surface area contributed by atoms with Gasteiger partial charge < -0.3 is 26.0 Å². The van der Waals surface area contributed by atoms with Crippen LogP contribution in [0.25, 0.3) is 0 Å². The predicted octanol–water partition coefficient (Wildman–Crippen LogP) is 2.28. The van der Waals surface area contributed by atoms with Crippen molar-refractivity contribution in [1.29, 1.82) is 0 Å². The molecule has 0 radical (unpaired) electrons. The minimum atomic E-state index is -2.62. The Hall–Kier alpha value is -2.26. The van der Waals surface area contributed by atoms with E-state index in [2.05, 4.69) is 16.0 Å². The molecule has 37 heavy (non-hydrogen) atoms. The molecule has 0 spiro atoms. The van der Waals surface area contributed by atoms with Gasteiger partial charge in [0.2, 0.25) is 17.7 Å². The van der Waals surface area contributed by atoms with Crippen molar-refractivity contribution in [1.82, 2.24) is 20.9 Å². The van der Waals surface area contributed by atoms with Crippen LogP contribution in [0.5, 0.6) is 0 Å². The Morgan fingerprint density at radius 3 is 1.95 bits per heavy atom. The van der Waals surface area contributed by atoms with E-state index in [1.165, 1.54) is 14.0 Å². The minimum absolute atomic E-state index is 0.0477. The Morgan fingerprint density at radius 2 is 1.51 bits per heavy atom. The van der Waals surface area contributed by atoms with Crippen LogP contribution >= 0.6 is 0 Å². The molecule has 0 fully saturated rings. The van der Waals surface area contributed by atoms with Gasteiger partial charge in [-0.2, -0.15) is 0 Å². The molecule has 0 heterocycles. The molecule has 6 atom stereocenters. The molecule has 0 aromatic rings. The Kier molecular flexibility index (Phi) is 12.4. The third-order valence-electron chi connectivity index (χ3n) is 6.54. The highest BCUT2D eigenvalue weighted by Gasteiger charge is 2.40. The summed E-state index contributed by atoms with van der Waals surface area (Å²) >= 11 is 0. The minimum Gasteiger partial charge on any atom is -0.390 e. The number of aliphatic hydroxyl groups is 1. The number of aliphatic hydroxyl groups excluding tert-OH is 1. The number of carbonyl (C=O) groups is 4. The van der Waals surface area contributed by atoms with Crippen molar-refractivity contribution in [2.75, 3.05) is 14.1 Å². The topological polar surface area (TPSA) is 128 Å². The molecule has 0 saturated carbocycles. The van der Waals surface area contributed by atoms with Crippen LogP contribution < -0.4 is 16.0 Å². The quantitative estimate of drug-likeness (QED) is 0.228. The van der Waals surface area contributed by atoms with Crippen molar-refractivity contribution >= 4 is 23.5 Å². The van der Waals surface area contributed by atoms with Gasteiger partial charge in [-0.3, -0.25) is 19.2 Å². The van der Waals surface area contributed by atoms with E-state index in [-0.39, 0.29) is 35.9 Å². The third-order valence-corrected chi connectivity index (χ3v) is 6.54. The molecular weight excluding hydrogens is 472 g/mol. The zero-order valence-electron chi connectivity index (χ0n) is 28.2. The zero-order chi connectivity index (χ0) is 32.4. The monoisotopic (exact) mass is 528 g/mol. The van der Waals surface area contributed by atoms with E-state index in [0.717, 1.165) is 11.0 Å². The number of likely N-dealkylation sites (N-methyl/N-ethyl adjacent to an activating group) is 2. The number of nitrogens with zero attached hydrogens (tertiary/aromatic N) is 1. The molecule has 1 unspecified atom stereocenters. The van der Waals surface area contributed by atoms with Crippen molar-refractivity contribution in [3.8, 4) is 0 Å². The molecule has 0 rings (SSSR count). The molecule has 0 aliphatic carbocycles. The number of amides is 3.